The predicted molar refractivity (Wildman–Crippen MR) is 93.7 cm³/mol. The minimum Gasteiger partial charge on any atom is -0.369 e. The Morgan fingerprint density at radius 3 is 3.00 bits per heavy atom. The molecule has 5 heteroatoms. The maximum Gasteiger partial charge on any atom is 0.125 e. The van der Waals surface area contributed by atoms with Gasteiger partial charge in [0.25, 0.3) is 0 Å². The van der Waals surface area contributed by atoms with E-state index >= 15 is 0 Å². The number of nitrogens with zero attached hydrogens (tertiary/aromatic N) is 4. The van der Waals surface area contributed by atoms with Crippen LogP contribution in [-0.4, -0.2) is 39.1 Å². The van der Waals surface area contributed by atoms with Gasteiger partial charge in [0.05, 0.1) is 12.3 Å². The highest BCUT2D eigenvalue weighted by molar-refractivity contribution is 5.83. The van der Waals surface area contributed by atoms with Gasteiger partial charge in [0.15, 0.2) is 0 Å². The van der Waals surface area contributed by atoms with E-state index in [-0.39, 0.29) is 6.10 Å². The number of morpholine rings is 1. The van der Waals surface area contributed by atoms with Crippen LogP contribution in [0.3, 0.4) is 0 Å². The molecule has 3 aromatic rings. The molecule has 5 nitrogen and oxygen atoms in total. The lowest BCUT2D eigenvalue weighted by Crippen LogP contribution is -2.38. The fraction of sp³-hybridized carbons (Fsp3) is 0.368. The Balaban J connectivity index is 1.54. The Bertz CT molecular complexity index is 857. The predicted octanol–water partition coefficient (Wildman–Crippen LogP) is 2.85. The topological polar surface area (TPSA) is 43.2 Å². The molecule has 3 heterocycles. The molecular weight excluding hydrogens is 300 g/mol. The molecule has 0 radical (unpaired) electrons. The zero-order valence-electron chi connectivity index (χ0n) is 14.1. The summed E-state index contributed by atoms with van der Waals surface area (Å²) in [5.41, 5.74) is 3.63. The van der Waals surface area contributed by atoms with Gasteiger partial charge in [-0.1, -0.05) is 18.2 Å². The van der Waals surface area contributed by atoms with Gasteiger partial charge in [0, 0.05) is 50.0 Å². The zero-order chi connectivity index (χ0) is 16.5. The van der Waals surface area contributed by atoms with Crippen LogP contribution >= 0.6 is 0 Å². The maximum atomic E-state index is 5.94. The quantitative estimate of drug-likeness (QED) is 0.744. The van der Waals surface area contributed by atoms with Gasteiger partial charge in [-0.15, -0.1) is 0 Å². The fourth-order valence-corrected chi connectivity index (χ4v) is 3.47. The first-order valence-electron chi connectivity index (χ1n) is 8.37. The molecule has 1 aromatic carbocycles. The third kappa shape index (κ3) is 2.92. The molecule has 2 aromatic heterocycles. The maximum absolute atomic E-state index is 5.94. The summed E-state index contributed by atoms with van der Waals surface area (Å²) in [5.74, 6) is 0.794. The molecule has 1 saturated heterocycles. The van der Waals surface area contributed by atoms with Crippen LogP contribution in [0.25, 0.3) is 10.9 Å². The lowest BCUT2D eigenvalue weighted by molar-refractivity contribution is -0.0350. The second-order valence-electron chi connectivity index (χ2n) is 6.41. The summed E-state index contributed by atoms with van der Waals surface area (Å²) in [5, 5.41) is 1.33. The van der Waals surface area contributed by atoms with Crippen molar-refractivity contribution in [2.24, 2.45) is 7.05 Å². The molecule has 0 aliphatic carbocycles. The van der Waals surface area contributed by atoms with E-state index in [4.69, 9.17) is 4.74 Å². The number of aryl methyl sites for hydroxylation is 2. The molecule has 0 N–H and O–H groups in total. The summed E-state index contributed by atoms with van der Waals surface area (Å²) in [6.07, 6.45) is 4.07. The lowest BCUT2D eigenvalue weighted by Gasteiger charge is -2.32. The van der Waals surface area contributed by atoms with Crippen molar-refractivity contribution in [1.29, 1.82) is 0 Å². The number of fused-ring (bicyclic) bond motifs is 1. The smallest absolute Gasteiger partial charge is 0.125 e. The van der Waals surface area contributed by atoms with Crippen LogP contribution in [-0.2, 0) is 18.3 Å². The average molecular weight is 322 g/mol. The highest BCUT2D eigenvalue weighted by Gasteiger charge is 2.24. The summed E-state index contributed by atoms with van der Waals surface area (Å²) in [7, 11) is 2.11. The van der Waals surface area contributed by atoms with E-state index in [0.717, 1.165) is 37.8 Å². The third-order valence-electron chi connectivity index (χ3n) is 4.65. The van der Waals surface area contributed by atoms with Gasteiger partial charge in [0.2, 0.25) is 0 Å². The largest absolute Gasteiger partial charge is 0.369 e. The van der Waals surface area contributed by atoms with Crippen molar-refractivity contribution in [3.8, 4) is 0 Å². The number of hydrogen-bond acceptors (Lipinski definition) is 4. The number of benzene rings is 1. The first-order chi connectivity index (χ1) is 11.7. The van der Waals surface area contributed by atoms with Gasteiger partial charge < -0.3 is 9.30 Å². The molecule has 24 heavy (non-hydrogen) atoms. The van der Waals surface area contributed by atoms with E-state index in [1.165, 1.54) is 16.5 Å². The minimum atomic E-state index is 0.0235. The summed E-state index contributed by atoms with van der Waals surface area (Å²) in [4.78, 5) is 11.2. The fourth-order valence-electron chi connectivity index (χ4n) is 3.47. The van der Waals surface area contributed by atoms with Crippen molar-refractivity contribution < 1.29 is 4.74 Å². The van der Waals surface area contributed by atoms with Crippen LogP contribution in [0.2, 0.25) is 0 Å². The van der Waals surface area contributed by atoms with Crippen molar-refractivity contribution in [1.82, 2.24) is 19.4 Å². The van der Waals surface area contributed by atoms with Crippen LogP contribution in [0.15, 0.2) is 42.7 Å². The molecule has 0 bridgehead atoms. The number of rotatable bonds is 3. The second kappa shape index (κ2) is 6.34. The summed E-state index contributed by atoms with van der Waals surface area (Å²) >= 11 is 0. The van der Waals surface area contributed by atoms with Crippen LogP contribution in [0, 0.1) is 6.92 Å². The lowest BCUT2D eigenvalue weighted by atomic mass is 10.1. The van der Waals surface area contributed by atoms with Crippen LogP contribution in [0.5, 0.6) is 0 Å². The minimum absolute atomic E-state index is 0.0235. The summed E-state index contributed by atoms with van der Waals surface area (Å²) in [6, 6.07) is 10.5. The third-order valence-corrected chi connectivity index (χ3v) is 4.65. The van der Waals surface area contributed by atoms with Crippen LogP contribution in [0.1, 0.15) is 23.2 Å². The Hall–Kier alpha value is -2.24. The van der Waals surface area contributed by atoms with E-state index in [1.807, 2.05) is 19.2 Å². The van der Waals surface area contributed by atoms with Gasteiger partial charge >= 0.3 is 0 Å². The Labute approximate surface area is 141 Å². The molecule has 0 amide bonds. The first-order valence-corrected chi connectivity index (χ1v) is 8.37. The van der Waals surface area contributed by atoms with Gasteiger partial charge in [-0.25, -0.2) is 9.97 Å². The van der Waals surface area contributed by atoms with E-state index in [9.17, 15) is 0 Å². The highest BCUT2D eigenvalue weighted by Crippen LogP contribution is 2.25. The van der Waals surface area contributed by atoms with Gasteiger partial charge in [-0.3, -0.25) is 4.90 Å². The number of ether oxygens (including phenoxy) is 1. The van der Waals surface area contributed by atoms with Crippen LogP contribution in [0.4, 0.5) is 0 Å². The highest BCUT2D eigenvalue weighted by atomic mass is 16.5. The number of aromatic nitrogens is 3. The van der Waals surface area contributed by atoms with Crippen molar-refractivity contribution in [3.05, 3.63) is 59.8 Å². The summed E-state index contributed by atoms with van der Waals surface area (Å²) in [6.45, 7) is 5.40. The monoisotopic (exact) mass is 322 g/mol. The molecular formula is C19H22N4O. The Morgan fingerprint density at radius 2 is 2.12 bits per heavy atom. The Kier molecular flexibility index (Phi) is 4.04. The molecule has 1 aliphatic rings. The van der Waals surface area contributed by atoms with Crippen molar-refractivity contribution >= 4 is 10.9 Å². The van der Waals surface area contributed by atoms with Crippen molar-refractivity contribution in [3.63, 3.8) is 0 Å². The van der Waals surface area contributed by atoms with Crippen molar-refractivity contribution in [2.75, 3.05) is 19.7 Å². The molecule has 1 atom stereocenters. The molecule has 0 saturated carbocycles. The number of hydrogen-bond donors (Lipinski definition) is 0. The molecule has 1 aliphatic heterocycles. The normalized spacial score (nSPS) is 19.0. The molecule has 4 rings (SSSR count). The summed E-state index contributed by atoms with van der Waals surface area (Å²) < 4.78 is 8.15. The standard InChI is InChI=1S/C19H22N4O/c1-14-20-8-7-17(21-14)19-13-23(9-10-24-19)12-15-11-22(2)18-6-4-3-5-16(15)18/h3-8,11,19H,9-10,12-13H2,1-2H3/t19-/m0/s1. The van der Waals surface area contributed by atoms with Gasteiger partial charge in [0.1, 0.15) is 11.9 Å². The molecule has 0 spiro atoms. The number of para-hydroxylation sites is 1. The van der Waals surface area contributed by atoms with E-state index in [0.29, 0.717) is 0 Å². The van der Waals surface area contributed by atoms with Crippen molar-refractivity contribution in [2.45, 2.75) is 19.6 Å². The Morgan fingerprint density at radius 1 is 1.25 bits per heavy atom. The van der Waals surface area contributed by atoms with Gasteiger partial charge in [-0.2, -0.15) is 0 Å². The zero-order valence-corrected chi connectivity index (χ0v) is 14.1. The van der Waals surface area contributed by atoms with E-state index < -0.39 is 0 Å². The molecule has 124 valence electrons. The van der Waals surface area contributed by atoms with E-state index in [2.05, 4.69) is 56.9 Å². The van der Waals surface area contributed by atoms with Crippen LogP contribution < -0.4 is 0 Å². The average Bonchev–Trinajstić information content (AvgIpc) is 2.92. The molecule has 0 unspecified atom stereocenters. The SMILES string of the molecule is Cc1nccc([C@@H]2CN(Cc3cn(C)c4ccccc34)CCO2)n1. The first kappa shape index (κ1) is 15.3. The molecule has 1 fully saturated rings. The van der Waals surface area contributed by atoms with E-state index in [1.54, 1.807) is 0 Å². The van der Waals surface area contributed by atoms with Gasteiger partial charge in [-0.05, 0) is 24.6 Å². The second-order valence-corrected chi connectivity index (χ2v) is 6.41.